The fraction of sp³-hybridized carbons (Fsp3) is 0.176. The average Bonchev–Trinajstić information content (AvgIpc) is 3.11. The fourth-order valence-corrected chi connectivity index (χ4v) is 2.96. The van der Waals surface area contributed by atoms with Gasteiger partial charge in [-0.1, -0.05) is 36.4 Å². The lowest BCUT2D eigenvalue weighted by atomic mass is 10.2. The van der Waals surface area contributed by atoms with Gasteiger partial charge in [0.2, 0.25) is 5.95 Å². The molecule has 2 heterocycles. The minimum atomic E-state index is -0.549. The van der Waals surface area contributed by atoms with Crippen LogP contribution in [-0.2, 0) is 6.54 Å². The van der Waals surface area contributed by atoms with Crippen LogP contribution in [0.4, 0.5) is 5.95 Å². The van der Waals surface area contributed by atoms with E-state index >= 15 is 0 Å². The van der Waals surface area contributed by atoms with Gasteiger partial charge in [0.05, 0.1) is 6.54 Å². The zero-order chi connectivity index (χ0) is 15.2. The highest BCUT2D eigenvalue weighted by atomic mass is 32.1. The van der Waals surface area contributed by atoms with Gasteiger partial charge in [0.1, 0.15) is 6.10 Å². The first-order chi connectivity index (χ1) is 10.8. The Labute approximate surface area is 133 Å². The summed E-state index contributed by atoms with van der Waals surface area (Å²) in [5.74, 6) is 0.627. The third-order valence-corrected chi connectivity index (χ3v) is 4.29. The minimum absolute atomic E-state index is 0.458. The number of benzene rings is 1. The molecule has 0 fully saturated rings. The Morgan fingerprint density at radius 3 is 2.45 bits per heavy atom. The molecule has 0 bridgehead atoms. The molecule has 0 aliphatic carbocycles. The van der Waals surface area contributed by atoms with E-state index in [-0.39, 0.29) is 0 Å². The van der Waals surface area contributed by atoms with Gasteiger partial charge in [-0.05, 0) is 23.1 Å². The van der Waals surface area contributed by atoms with Gasteiger partial charge in [0, 0.05) is 23.8 Å². The molecule has 4 nitrogen and oxygen atoms in total. The Morgan fingerprint density at radius 2 is 1.77 bits per heavy atom. The fourth-order valence-electron chi connectivity index (χ4n) is 2.25. The first-order valence-electron chi connectivity index (χ1n) is 7.10. The Kier molecular flexibility index (Phi) is 4.78. The van der Waals surface area contributed by atoms with E-state index in [2.05, 4.69) is 22.1 Å². The van der Waals surface area contributed by atoms with E-state index in [1.807, 2.05) is 40.6 Å². The molecule has 0 saturated heterocycles. The summed E-state index contributed by atoms with van der Waals surface area (Å²) in [6.07, 6.45) is 2.89. The van der Waals surface area contributed by atoms with Gasteiger partial charge in [0.25, 0.3) is 0 Å². The van der Waals surface area contributed by atoms with Crippen LogP contribution in [0.5, 0.6) is 0 Å². The van der Waals surface area contributed by atoms with Crippen molar-refractivity contribution in [3.05, 3.63) is 76.7 Å². The lowest BCUT2D eigenvalue weighted by molar-refractivity contribution is 0.186. The molecule has 3 aromatic rings. The molecule has 2 aromatic heterocycles. The lowest BCUT2D eigenvalue weighted by Crippen LogP contribution is -2.29. The van der Waals surface area contributed by atoms with E-state index in [1.165, 1.54) is 0 Å². The van der Waals surface area contributed by atoms with Crippen LogP contribution in [0.15, 0.2) is 66.3 Å². The third kappa shape index (κ3) is 3.69. The molecule has 0 radical (unpaired) electrons. The molecule has 0 aliphatic heterocycles. The molecule has 3 rings (SSSR count). The number of nitrogens with zero attached hydrogens (tertiary/aromatic N) is 3. The number of aliphatic hydroxyl groups excluding tert-OH is 1. The zero-order valence-corrected chi connectivity index (χ0v) is 12.9. The normalized spacial score (nSPS) is 12.0. The SMILES string of the molecule is OC(CN(Cc1ccccc1)c1ncccn1)c1cccs1. The number of anilines is 1. The molecule has 0 saturated carbocycles. The Balaban J connectivity index is 1.80. The molecule has 1 unspecified atom stereocenters. The van der Waals surface area contributed by atoms with Crippen molar-refractivity contribution in [2.75, 3.05) is 11.4 Å². The molecule has 1 atom stereocenters. The summed E-state index contributed by atoms with van der Waals surface area (Å²) < 4.78 is 0. The van der Waals surface area contributed by atoms with Crippen molar-refractivity contribution in [3.8, 4) is 0 Å². The van der Waals surface area contributed by atoms with Crippen LogP contribution in [-0.4, -0.2) is 21.6 Å². The largest absolute Gasteiger partial charge is 0.386 e. The molecule has 0 spiro atoms. The maximum atomic E-state index is 10.4. The Morgan fingerprint density at radius 1 is 1.00 bits per heavy atom. The van der Waals surface area contributed by atoms with Crippen LogP contribution in [0.2, 0.25) is 0 Å². The first kappa shape index (κ1) is 14.7. The number of hydrogen-bond donors (Lipinski definition) is 1. The van der Waals surface area contributed by atoms with Gasteiger partial charge in [-0.3, -0.25) is 0 Å². The standard InChI is InChI=1S/C17H17N3OS/c21-15(16-8-4-11-22-16)13-20(17-18-9-5-10-19-17)12-14-6-2-1-3-7-14/h1-11,15,21H,12-13H2. The van der Waals surface area contributed by atoms with Crippen LogP contribution < -0.4 is 4.90 Å². The van der Waals surface area contributed by atoms with E-state index in [1.54, 1.807) is 29.8 Å². The summed E-state index contributed by atoms with van der Waals surface area (Å²) in [4.78, 5) is 11.6. The number of aromatic nitrogens is 2. The maximum Gasteiger partial charge on any atom is 0.225 e. The van der Waals surface area contributed by atoms with Crippen LogP contribution in [0.1, 0.15) is 16.5 Å². The number of rotatable bonds is 6. The monoisotopic (exact) mass is 311 g/mol. The second-order valence-electron chi connectivity index (χ2n) is 4.95. The number of hydrogen-bond acceptors (Lipinski definition) is 5. The summed E-state index contributed by atoms with van der Waals surface area (Å²) in [5.41, 5.74) is 1.16. The highest BCUT2D eigenvalue weighted by molar-refractivity contribution is 7.10. The molecular weight excluding hydrogens is 294 g/mol. The molecule has 1 aromatic carbocycles. The molecule has 22 heavy (non-hydrogen) atoms. The van der Waals surface area contributed by atoms with Gasteiger partial charge < -0.3 is 10.0 Å². The molecular formula is C17H17N3OS. The second-order valence-corrected chi connectivity index (χ2v) is 5.93. The predicted octanol–water partition coefficient (Wildman–Crippen LogP) is 3.28. The van der Waals surface area contributed by atoms with E-state index < -0.39 is 6.10 Å². The molecule has 1 N–H and O–H groups in total. The molecule has 0 amide bonds. The highest BCUT2D eigenvalue weighted by Crippen LogP contribution is 2.22. The first-order valence-corrected chi connectivity index (χ1v) is 7.98. The summed E-state index contributed by atoms with van der Waals surface area (Å²) in [6.45, 7) is 1.12. The van der Waals surface area contributed by atoms with Crippen LogP contribution in [0.3, 0.4) is 0 Å². The van der Waals surface area contributed by atoms with E-state index in [9.17, 15) is 5.11 Å². The minimum Gasteiger partial charge on any atom is -0.386 e. The Bertz CT molecular complexity index is 674. The van der Waals surface area contributed by atoms with Gasteiger partial charge in [-0.2, -0.15) is 0 Å². The van der Waals surface area contributed by atoms with Crippen LogP contribution >= 0.6 is 11.3 Å². The lowest BCUT2D eigenvalue weighted by Gasteiger charge is -2.25. The topological polar surface area (TPSA) is 49.2 Å². The summed E-state index contributed by atoms with van der Waals surface area (Å²) >= 11 is 1.56. The van der Waals surface area contributed by atoms with Gasteiger partial charge in [-0.15, -0.1) is 11.3 Å². The zero-order valence-electron chi connectivity index (χ0n) is 12.0. The van der Waals surface area contributed by atoms with Crippen molar-refractivity contribution in [3.63, 3.8) is 0 Å². The predicted molar refractivity (Wildman–Crippen MR) is 88.8 cm³/mol. The second kappa shape index (κ2) is 7.15. The van der Waals surface area contributed by atoms with E-state index in [0.717, 1.165) is 10.4 Å². The van der Waals surface area contributed by atoms with Crippen molar-refractivity contribution in [1.82, 2.24) is 9.97 Å². The summed E-state index contributed by atoms with van der Waals surface area (Å²) in [7, 11) is 0. The number of thiophene rings is 1. The smallest absolute Gasteiger partial charge is 0.225 e. The summed E-state index contributed by atoms with van der Waals surface area (Å²) in [6, 6.07) is 15.8. The van der Waals surface area contributed by atoms with Crippen molar-refractivity contribution in [2.45, 2.75) is 12.6 Å². The van der Waals surface area contributed by atoms with Gasteiger partial charge in [0.15, 0.2) is 0 Å². The quantitative estimate of drug-likeness (QED) is 0.759. The van der Waals surface area contributed by atoms with Crippen molar-refractivity contribution in [1.29, 1.82) is 0 Å². The number of aliphatic hydroxyl groups is 1. The van der Waals surface area contributed by atoms with Crippen LogP contribution in [0.25, 0.3) is 0 Å². The molecule has 5 heteroatoms. The highest BCUT2D eigenvalue weighted by Gasteiger charge is 2.17. The average molecular weight is 311 g/mol. The van der Waals surface area contributed by atoms with Crippen molar-refractivity contribution >= 4 is 17.3 Å². The molecule has 0 aliphatic rings. The van der Waals surface area contributed by atoms with E-state index in [0.29, 0.717) is 19.0 Å². The van der Waals surface area contributed by atoms with Gasteiger partial charge >= 0.3 is 0 Å². The van der Waals surface area contributed by atoms with Gasteiger partial charge in [-0.25, -0.2) is 9.97 Å². The van der Waals surface area contributed by atoms with Crippen LogP contribution in [0, 0.1) is 0 Å². The van der Waals surface area contributed by atoms with Crippen molar-refractivity contribution in [2.24, 2.45) is 0 Å². The summed E-state index contributed by atoms with van der Waals surface area (Å²) in [5, 5.41) is 12.4. The Hall–Kier alpha value is -2.24. The van der Waals surface area contributed by atoms with E-state index in [4.69, 9.17) is 0 Å². The van der Waals surface area contributed by atoms with Crippen molar-refractivity contribution < 1.29 is 5.11 Å². The third-order valence-electron chi connectivity index (χ3n) is 3.32. The molecule has 112 valence electrons. The maximum absolute atomic E-state index is 10.4.